The molecule has 0 aliphatic rings. The highest BCUT2D eigenvalue weighted by molar-refractivity contribution is 5.67. The Hall–Kier alpha value is -0.970. The van der Waals surface area contributed by atoms with Crippen molar-refractivity contribution < 1.29 is 57.3 Å². The van der Waals surface area contributed by atoms with Gasteiger partial charge in [-0.05, 0) is 0 Å². The van der Waals surface area contributed by atoms with E-state index in [0.717, 1.165) is 0 Å². The van der Waals surface area contributed by atoms with Gasteiger partial charge in [-0.1, -0.05) is 0 Å². The first-order chi connectivity index (χ1) is 17.3. The summed E-state index contributed by atoms with van der Waals surface area (Å²) in [5.41, 5.74) is 5.31. The zero-order valence-corrected chi connectivity index (χ0v) is 20.9. The molecule has 210 valence electrons. The Morgan fingerprint density at radius 3 is 0.800 bits per heavy atom. The fourth-order valence-electron chi connectivity index (χ4n) is 2.22. The lowest BCUT2D eigenvalue weighted by Gasteiger charge is -2.09. The van der Waals surface area contributed by atoms with Crippen molar-refractivity contribution >= 4 is 5.97 Å². The molecule has 0 aliphatic carbocycles. The fraction of sp³-hybridized carbons (Fsp3) is 0.955. The normalized spacial score (nSPS) is 11.3. The van der Waals surface area contributed by atoms with Crippen LogP contribution in [0.15, 0.2) is 0 Å². The van der Waals surface area contributed by atoms with Gasteiger partial charge in [0.1, 0.15) is 6.61 Å². The lowest BCUT2D eigenvalue weighted by atomic mass is 10.6. The molecule has 0 fully saturated rings. The van der Waals surface area contributed by atoms with Crippen molar-refractivity contribution in [3.63, 3.8) is 0 Å². The number of nitrogens with two attached hydrogens (primary N) is 1. The minimum absolute atomic E-state index is 0.245. The van der Waals surface area contributed by atoms with Crippen LogP contribution in [0.2, 0.25) is 0 Å². The Labute approximate surface area is 208 Å². The second-order valence-corrected chi connectivity index (χ2v) is 6.75. The summed E-state index contributed by atoms with van der Waals surface area (Å²) in [4.78, 5) is 10.2. The van der Waals surface area contributed by atoms with Crippen molar-refractivity contribution in [1.29, 1.82) is 0 Å². The Kier molecular flexibility index (Phi) is 30.2. The molecule has 0 aromatic carbocycles. The van der Waals surface area contributed by atoms with Crippen molar-refractivity contribution in [2.24, 2.45) is 5.73 Å². The summed E-state index contributed by atoms with van der Waals surface area (Å²) >= 11 is 0. The number of carbonyl (C=O) groups is 1. The molecular formula is C22H45NO12. The van der Waals surface area contributed by atoms with Crippen LogP contribution in [0.3, 0.4) is 0 Å². The van der Waals surface area contributed by atoms with Gasteiger partial charge in [0.2, 0.25) is 0 Å². The van der Waals surface area contributed by atoms with Gasteiger partial charge < -0.3 is 58.2 Å². The summed E-state index contributed by atoms with van der Waals surface area (Å²) in [5, 5.41) is 8.39. The van der Waals surface area contributed by atoms with Gasteiger partial charge in [0.05, 0.1) is 126 Å². The molecule has 0 aromatic heterocycles. The van der Waals surface area contributed by atoms with Crippen molar-refractivity contribution in [1.82, 2.24) is 0 Å². The number of hydrogen-bond donors (Lipinski definition) is 2. The monoisotopic (exact) mass is 515 g/mol. The Morgan fingerprint density at radius 2 is 0.600 bits per heavy atom. The molecular weight excluding hydrogens is 470 g/mol. The van der Waals surface area contributed by atoms with Crippen LogP contribution in [0.5, 0.6) is 0 Å². The van der Waals surface area contributed by atoms with Gasteiger partial charge >= 0.3 is 5.97 Å². The maximum absolute atomic E-state index is 10.2. The number of hydrogen-bond acceptors (Lipinski definition) is 12. The van der Waals surface area contributed by atoms with Crippen LogP contribution in [0.25, 0.3) is 0 Å². The average Bonchev–Trinajstić information content (AvgIpc) is 2.85. The molecule has 35 heavy (non-hydrogen) atoms. The van der Waals surface area contributed by atoms with E-state index in [1.807, 2.05) is 0 Å². The highest BCUT2D eigenvalue weighted by Crippen LogP contribution is 1.86. The molecule has 0 rings (SSSR count). The maximum Gasteiger partial charge on any atom is 0.329 e. The van der Waals surface area contributed by atoms with Crippen LogP contribution < -0.4 is 5.73 Å². The van der Waals surface area contributed by atoms with Gasteiger partial charge in [0.25, 0.3) is 0 Å². The molecule has 0 atom stereocenters. The Balaban J connectivity index is 3.01. The van der Waals surface area contributed by atoms with E-state index in [9.17, 15) is 4.79 Å². The van der Waals surface area contributed by atoms with Gasteiger partial charge in [-0.25, -0.2) is 4.79 Å². The molecule has 0 unspecified atom stereocenters. The van der Waals surface area contributed by atoms with Gasteiger partial charge in [-0.3, -0.25) is 0 Å². The number of ether oxygens (including phenoxy) is 10. The lowest BCUT2D eigenvalue weighted by Crippen LogP contribution is -2.16. The number of aliphatic carboxylic acids is 1. The molecule has 0 spiro atoms. The molecule has 0 bridgehead atoms. The van der Waals surface area contributed by atoms with Crippen LogP contribution in [0, 0.1) is 0 Å². The van der Waals surface area contributed by atoms with Gasteiger partial charge in [-0.2, -0.15) is 0 Å². The van der Waals surface area contributed by atoms with Crippen LogP contribution in [-0.4, -0.2) is 150 Å². The first-order valence-electron chi connectivity index (χ1n) is 12.0. The van der Waals surface area contributed by atoms with Gasteiger partial charge in [0, 0.05) is 6.54 Å². The SMILES string of the molecule is NCCOCCOCCOCCOCCOCCOCCOCCOCCOCCOCC(=O)O. The van der Waals surface area contributed by atoms with Crippen LogP contribution in [0.4, 0.5) is 0 Å². The molecule has 0 saturated carbocycles. The van der Waals surface area contributed by atoms with E-state index in [1.54, 1.807) is 0 Å². The lowest BCUT2D eigenvalue weighted by molar-refractivity contribution is -0.142. The van der Waals surface area contributed by atoms with E-state index in [1.165, 1.54) is 0 Å². The quantitative estimate of drug-likeness (QED) is 0.111. The van der Waals surface area contributed by atoms with E-state index in [-0.39, 0.29) is 13.2 Å². The van der Waals surface area contributed by atoms with Crippen LogP contribution >= 0.6 is 0 Å². The smallest absolute Gasteiger partial charge is 0.329 e. The topological polar surface area (TPSA) is 156 Å². The first-order valence-corrected chi connectivity index (χ1v) is 12.0. The van der Waals surface area contributed by atoms with E-state index in [4.69, 9.17) is 58.2 Å². The summed E-state index contributed by atoms with van der Waals surface area (Å²) in [5.74, 6) is -0.994. The minimum Gasteiger partial charge on any atom is -0.480 e. The van der Waals surface area contributed by atoms with E-state index in [0.29, 0.717) is 125 Å². The Morgan fingerprint density at radius 1 is 0.400 bits per heavy atom. The average molecular weight is 516 g/mol. The molecule has 13 heteroatoms. The third-order valence-corrected chi connectivity index (χ3v) is 3.84. The molecule has 0 saturated heterocycles. The van der Waals surface area contributed by atoms with Gasteiger partial charge in [-0.15, -0.1) is 0 Å². The van der Waals surface area contributed by atoms with Crippen molar-refractivity contribution in [2.75, 3.05) is 139 Å². The first kappa shape index (κ1) is 34.0. The third kappa shape index (κ3) is 33.0. The fourth-order valence-corrected chi connectivity index (χ4v) is 2.22. The number of rotatable bonds is 31. The standard InChI is InChI=1S/C22H45NO12/c23-1-2-26-3-4-27-5-6-28-7-8-29-9-10-30-11-12-31-13-14-32-15-16-33-17-18-34-19-20-35-21-22(24)25/h1-21,23H2,(H,24,25). The maximum atomic E-state index is 10.2. The molecule has 0 radical (unpaired) electrons. The zero-order valence-electron chi connectivity index (χ0n) is 20.9. The second-order valence-electron chi connectivity index (χ2n) is 6.75. The van der Waals surface area contributed by atoms with Crippen molar-refractivity contribution in [3.8, 4) is 0 Å². The van der Waals surface area contributed by atoms with E-state index >= 15 is 0 Å². The van der Waals surface area contributed by atoms with Crippen LogP contribution in [0.1, 0.15) is 0 Å². The second kappa shape index (κ2) is 31.1. The van der Waals surface area contributed by atoms with Gasteiger partial charge in [0.15, 0.2) is 0 Å². The molecule has 13 nitrogen and oxygen atoms in total. The summed E-state index contributed by atoms with van der Waals surface area (Å²) in [7, 11) is 0. The van der Waals surface area contributed by atoms with E-state index in [2.05, 4.69) is 0 Å². The molecule has 0 amide bonds. The van der Waals surface area contributed by atoms with E-state index < -0.39 is 5.97 Å². The van der Waals surface area contributed by atoms with Crippen molar-refractivity contribution in [3.05, 3.63) is 0 Å². The third-order valence-electron chi connectivity index (χ3n) is 3.84. The largest absolute Gasteiger partial charge is 0.480 e. The van der Waals surface area contributed by atoms with Crippen molar-refractivity contribution in [2.45, 2.75) is 0 Å². The number of carboxylic acid groups (broad SMARTS) is 1. The predicted octanol–water partition coefficient (Wildman–Crippen LogP) is -0.804. The predicted molar refractivity (Wildman–Crippen MR) is 125 cm³/mol. The zero-order chi connectivity index (χ0) is 25.5. The minimum atomic E-state index is -0.994. The molecule has 0 aromatic rings. The highest BCUT2D eigenvalue weighted by atomic mass is 16.6. The van der Waals surface area contributed by atoms with Crippen LogP contribution in [-0.2, 0) is 52.2 Å². The molecule has 0 aliphatic heterocycles. The summed E-state index contributed by atoms with van der Waals surface area (Å²) < 4.78 is 53.0. The summed E-state index contributed by atoms with van der Waals surface area (Å²) in [6.07, 6.45) is 0. The summed E-state index contributed by atoms with van der Waals surface area (Å²) in [6.45, 7) is 9.26. The number of carboxylic acids is 1. The molecule has 0 heterocycles. The Bertz CT molecular complexity index is 420. The molecule has 3 N–H and O–H groups in total. The highest BCUT2D eigenvalue weighted by Gasteiger charge is 1.97. The summed E-state index contributed by atoms with van der Waals surface area (Å²) in [6, 6.07) is 0.